The molecule has 1 N–H and O–H groups in total. The fraction of sp³-hybridized carbons (Fsp3) is 0.500. The second kappa shape index (κ2) is 8.57. The molecule has 0 bridgehead atoms. The van der Waals surface area contributed by atoms with E-state index in [1.807, 2.05) is 0 Å². The monoisotopic (exact) mass is 367 g/mol. The number of hydrogen-bond acceptors (Lipinski definition) is 1. The molecule has 112 valence electrons. The summed E-state index contributed by atoms with van der Waals surface area (Å²) in [6.07, 6.45) is 2.91. The Labute approximate surface area is 131 Å². The molecule has 0 spiro atoms. The summed E-state index contributed by atoms with van der Waals surface area (Å²) < 4.78 is 26.9. The van der Waals surface area contributed by atoms with Crippen molar-refractivity contribution in [1.82, 2.24) is 5.32 Å². The molecule has 0 aliphatic carbocycles. The van der Waals surface area contributed by atoms with Crippen molar-refractivity contribution in [3.05, 3.63) is 34.4 Å². The maximum Gasteiger partial charge on any atom is 0.254 e. The van der Waals surface area contributed by atoms with Gasteiger partial charge in [-0.15, -0.1) is 0 Å². The van der Waals surface area contributed by atoms with Gasteiger partial charge in [-0.3, -0.25) is 4.79 Å². The lowest BCUT2D eigenvalue weighted by Gasteiger charge is -2.16. The van der Waals surface area contributed by atoms with Crippen molar-refractivity contribution in [2.75, 3.05) is 11.9 Å². The molecule has 1 aromatic rings. The Kier molecular flexibility index (Phi) is 7.45. The predicted octanol–water partition coefficient (Wildman–Crippen LogP) is 4.55. The highest BCUT2D eigenvalue weighted by atomic mass is 79.9. The Hall–Kier alpha value is -0.680. The first-order valence-electron chi connectivity index (χ1n) is 6.48. The summed E-state index contributed by atoms with van der Waals surface area (Å²) in [5.74, 6) is -1.91. The minimum atomic E-state index is -0.818. The van der Waals surface area contributed by atoms with Crippen molar-refractivity contribution < 1.29 is 13.6 Å². The first-order chi connectivity index (χ1) is 9.49. The molecule has 1 aromatic carbocycles. The first kappa shape index (κ1) is 17.4. The van der Waals surface area contributed by atoms with Crippen molar-refractivity contribution in [2.45, 2.75) is 26.2 Å². The van der Waals surface area contributed by atoms with Crippen LogP contribution in [0.3, 0.4) is 0 Å². The van der Waals surface area contributed by atoms with Gasteiger partial charge in [0.25, 0.3) is 5.91 Å². The zero-order valence-electron chi connectivity index (χ0n) is 11.2. The van der Waals surface area contributed by atoms with E-state index >= 15 is 0 Å². The summed E-state index contributed by atoms with van der Waals surface area (Å²) in [5, 5.41) is 3.16. The normalized spacial score (nSPS) is 12.2. The maximum atomic E-state index is 13.6. The molecule has 6 heteroatoms. The largest absolute Gasteiger partial charge is 0.352 e. The van der Waals surface area contributed by atoms with E-state index in [1.54, 1.807) is 0 Å². The van der Waals surface area contributed by atoms with Gasteiger partial charge < -0.3 is 5.32 Å². The Balaban J connectivity index is 2.69. The molecule has 1 unspecified atom stereocenters. The average molecular weight is 369 g/mol. The molecule has 0 radical (unpaired) electrons. The number of alkyl halides is 1. The number of amides is 1. The van der Waals surface area contributed by atoms with E-state index in [9.17, 15) is 13.6 Å². The van der Waals surface area contributed by atoms with Gasteiger partial charge >= 0.3 is 0 Å². The van der Waals surface area contributed by atoms with Crippen LogP contribution in [0.4, 0.5) is 8.78 Å². The molecule has 0 heterocycles. The zero-order valence-corrected chi connectivity index (χ0v) is 13.5. The van der Waals surface area contributed by atoms with Gasteiger partial charge in [-0.25, -0.2) is 8.78 Å². The molecule has 0 aliphatic rings. The molecule has 0 fully saturated rings. The van der Waals surface area contributed by atoms with Gasteiger partial charge in [0.1, 0.15) is 11.6 Å². The molecule has 1 atom stereocenters. The van der Waals surface area contributed by atoms with Gasteiger partial charge in [0.2, 0.25) is 0 Å². The second-order valence-electron chi connectivity index (χ2n) is 4.59. The van der Waals surface area contributed by atoms with Crippen molar-refractivity contribution in [3.63, 3.8) is 0 Å². The van der Waals surface area contributed by atoms with Crippen LogP contribution in [0.15, 0.2) is 12.1 Å². The minimum Gasteiger partial charge on any atom is -0.352 e. The zero-order chi connectivity index (χ0) is 15.1. The number of hydrogen-bond donors (Lipinski definition) is 1. The number of carbonyl (C=O) groups is 1. The molecule has 0 saturated heterocycles. The number of nitrogens with one attached hydrogen (secondary N) is 1. The average Bonchev–Trinajstić information content (AvgIpc) is 2.40. The van der Waals surface area contributed by atoms with Crippen LogP contribution in [-0.4, -0.2) is 17.8 Å². The van der Waals surface area contributed by atoms with Crippen LogP contribution in [0.5, 0.6) is 0 Å². The third kappa shape index (κ3) is 5.02. The molecular formula is C14H17BrClF2NO. The van der Waals surface area contributed by atoms with Crippen molar-refractivity contribution in [2.24, 2.45) is 5.92 Å². The highest BCUT2D eigenvalue weighted by Gasteiger charge is 2.16. The molecular weight excluding hydrogens is 352 g/mol. The molecule has 0 saturated carbocycles. The van der Waals surface area contributed by atoms with Crippen LogP contribution in [0.2, 0.25) is 5.02 Å². The Morgan fingerprint density at radius 1 is 1.35 bits per heavy atom. The first-order valence-corrected chi connectivity index (χ1v) is 7.98. The van der Waals surface area contributed by atoms with Gasteiger partial charge in [0.15, 0.2) is 0 Å². The van der Waals surface area contributed by atoms with E-state index in [1.165, 1.54) is 0 Å². The summed E-state index contributed by atoms with van der Waals surface area (Å²) >= 11 is 8.81. The number of carbonyl (C=O) groups excluding carboxylic acids is 1. The molecule has 0 aliphatic heterocycles. The van der Waals surface area contributed by atoms with E-state index in [2.05, 4.69) is 28.2 Å². The van der Waals surface area contributed by atoms with Gasteiger partial charge in [0, 0.05) is 11.9 Å². The fourth-order valence-corrected chi connectivity index (χ4v) is 2.74. The van der Waals surface area contributed by atoms with Crippen molar-refractivity contribution in [1.29, 1.82) is 0 Å². The summed E-state index contributed by atoms with van der Waals surface area (Å²) in [6, 6.07) is 1.64. The molecule has 2 nitrogen and oxygen atoms in total. The second-order valence-corrected chi connectivity index (χ2v) is 5.79. The highest BCUT2D eigenvalue weighted by Crippen LogP contribution is 2.19. The smallest absolute Gasteiger partial charge is 0.254 e. The SMILES string of the molecule is CCCC(CCBr)CNC(=O)c1cc(F)c(Cl)cc1F. The van der Waals surface area contributed by atoms with E-state index < -0.39 is 17.5 Å². The van der Waals surface area contributed by atoms with Gasteiger partial charge in [-0.05, 0) is 30.9 Å². The van der Waals surface area contributed by atoms with E-state index in [0.717, 1.165) is 36.7 Å². The third-order valence-corrected chi connectivity index (χ3v) is 3.77. The van der Waals surface area contributed by atoms with E-state index in [0.29, 0.717) is 12.5 Å². The predicted molar refractivity (Wildman–Crippen MR) is 80.5 cm³/mol. The Bertz CT molecular complexity index is 465. The summed E-state index contributed by atoms with van der Waals surface area (Å²) in [5.41, 5.74) is -0.319. The number of halogens is 4. The van der Waals surface area contributed by atoms with Crippen LogP contribution < -0.4 is 5.32 Å². The lowest BCUT2D eigenvalue weighted by atomic mass is 10.0. The Morgan fingerprint density at radius 2 is 2.05 bits per heavy atom. The van der Waals surface area contributed by atoms with Gasteiger partial charge in [0.05, 0.1) is 10.6 Å². The topological polar surface area (TPSA) is 29.1 Å². The van der Waals surface area contributed by atoms with Crippen LogP contribution in [0.25, 0.3) is 0 Å². The van der Waals surface area contributed by atoms with E-state index in [4.69, 9.17) is 11.6 Å². The molecule has 1 rings (SSSR count). The van der Waals surface area contributed by atoms with Crippen molar-refractivity contribution in [3.8, 4) is 0 Å². The van der Waals surface area contributed by atoms with E-state index in [-0.39, 0.29) is 10.6 Å². The minimum absolute atomic E-state index is 0.319. The molecule has 0 aromatic heterocycles. The molecule has 1 amide bonds. The van der Waals surface area contributed by atoms with Crippen LogP contribution in [-0.2, 0) is 0 Å². The lowest BCUT2D eigenvalue weighted by molar-refractivity contribution is 0.0941. The Morgan fingerprint density at radius 3 is 2.65 bits per heavy atom. The summed E-state index contributed by atoms with van der Waals surface area (Å²) in [7, 11) is 0. The quantitative estimate of drug-likeness (QED) is 0.555. The number of rotatable bonds is 7. The van der Waals surface area contributed by atoms with Gasteiger partial charge in [-0.1, -0.05) is 40.9 Å². The third-order valence-electron chi connectivity index (χ3n) is 3.02. The van der Waals surface area contributed by atoms with Crippen molar-refractivity contribution >= 4 is 33.4 Å². The summed E-state index contributed by atoms with van der Waals surface area (Å²) in [6.45, 7) is 2.51. The van der Waals surface area contributed by atoms with Crippen LogP contribution >= 0.6 is 27.5 Å². The summed E-state index contributed by atoms with van der Waals surface area (Å²) in [4.78, 5) is 11.9. The standard InChI is InChI=1S/C14H17BrClF2NO/c1-2-3-9(4-5-15)8-19-14(20)10-6-13(18)11(16)7-12(10)17/h6-7,9H,2-5,8H2,1H3,(H,19,20). The maximum absolute atomic E-state index is 13.6. The van der Waals surface area contributed by atoms with Crippen LogP contribution in [0.1, 0.15) is 36.5 Å². The van der Waals surface area contributed by atoms with Crippen LogP contribution in [0, 0.1) is 17.6 Å². The highest BCUT2D eigenvalue weighted by molar-refractivity contribution is 9.09. The van der Waals surface area contributed by atoms with Gasteiger partial charge in [-0.2, -0.15) is 0 Å². The molecule has 20 heavy (non-hydrogen) atoms. The fourth-order valence-electron chi connectivity index (χ4n) is 1.94. The lowest BCUT2D eigenvalue weighted by Crippen LogP contribution is -2.30. The number of benzene rings is 1.